The Balaban J connectivity index is 0.000000420. The third kappa shape index (κ3) is 8.79. The summed E-state index contributed by atoms with van der Waals surface area (Å²) in [5.74, 6) is 4.94. The molecule has 1 aliphatic rings. The Kier molecular flexibility index (Phi) is 12.1. The molecule has 0 bridgehead atoms. The van der Waals surface area contributed by atoms with Gasteiger partial charge in [-0.2, -0.15) is 0 Å². The molecule has 0 saturated heterocycles. The lowest BCUT2D eigenvalue weighted by atomic mass is 9.74. The van der Waals surface area contributed by atoms with Gasteiger partial charge < -0.3 is 30.6 Å². The summed E-state index contributed by atoms with van der Waals surface area (Å²) in [7, 11) is 1.40. The van der Waals surface area contributed by atoms with Gasteiger partial charge in [-0.15, -0.1) is 0 Å². The molecule has 9 nitrogen and oxygen atoms in total. The Bertz CT molecular complexity index is 1350. The molecule has 3 aromatic carbocycles. The number of hydrazine groups is 1. The molecule has 1 aliphatic heterocycles. The molecule has 9 heteroatoms. The lowest BCUT2D eigenvalue weighted by molar-refractivity contribution is -0.151. The van der Waals surface area contributed by atoms with E-state index in [4.69, 9.17) is 26.2 Å². The summed E-state index contributed by atoms with van der Waals surface area (Å²) in [6.07, 6.45) is 1.88. The average Bonchev–Trinajstić information content (AvgIpc) is 3.01. The van der Waals surface area contributed by atoms with Crippen LogP contribution in [0.4, 0.5) is 11.4 Å². The van der Waals surface area contributed by atoms with E-state index >= 15 is 0 Å². The molecule has 0 amide bonds. The highest BCUT2D eigenvalue weighted by atomic mass is 16.5. The van der Waals surface area contributed by atoms with Gasteiger partial charge in [0.15, 0.2) is 0 Å². The van der Waals surface area contributed by atoms with Crippen molar-refractivity contribution in [1.82, 2.24) is 5.32 Å². The fourth-order valence-corrected chi connectivity index (χ4v) is 5.09. The van der Waals surface area contributed by atoms with Crippen LogP contribution in [0.25, 0.3) is 0 Å². The van der Waals surface area contributed by atoms with Crippen LogP contribution in [0.2, 0.25) is 0 Å². The second-order valence-corrected chi connectivity index (χ2v) is 11.4. The summed E-state index contributed by atoms with van der Waals surface area (Å²) >= 11 is 0. The lowest BCUT2D eigenvalue weighted by Gasteiger charge is -2.31. The van der Waals surface area contributed by atoms with E-state index in [1.165, 1.54) is 24.7 Å². The third-order valence-corrected chi connectivity index (χ3v) is 8.27. The van der Waals surface area contributed by atoms with Crippen molar-refractivity contribution < 1.29 is 24.2 Å². The number of ether oxygens (including phenoxy) is 2. The van der Waals surface area contributed by atoms with Gasteiger partial charge in [-0.05, 0) is 92.1 Å². The van der Waals surface area contributed by atoms with Gasteiger partial charge >= 0.3 is 11.9 Å². The maximum absolute atomic E-state index is 12.2. The highest BCUT2D eigenvalue weighted by Crippen LogP contribution is 2.40. The van der Waals surface area contributed by atoms with Crippen molar-refractivity contribution in [1.29, 1.82) is 0 Å². The van der Waals surface area contributed by atoms with Crippen molar-refractivity contribution in [2.24, 2.45) is 11.3 Å². The van der Waals surface area contributed by atoms with Gasteiger partial charge in [0.1, 0.15) is 0 Å². The Labute approximate surface area is 255 Å². The molecule has 232 valence electrons. The van der Waals surface area contributed by atoms with Crippen LogP contribution in [0.15, 0.2) is 60.7 Å². The number of hydrogen-bond acceptors (Lipinski definition) is 8. The highest BCUT2D eigenvalue weighted by molar-refractivity contribution is 5.87. The number of fused-ring (bicyclic) bond motifs is 1. The van der Waals surface area contributed by atoms with Crippen LogP contribution in [-0.4, -0.2) is 43.9 Å². The Morgan fingerprint density at radius 1 is 1.07 bits per heavy atom. The predicted molar refractivity (Wildman–Crippen MR) is 171 cm³/mol. The van der Waals surface area contributed by atoms with Gasteiger partial charge in [0, 0.05) is 19.7 Å². The molecule has 6 N–H and O–H groups in total. The van der Waals surface area contributed by atoms with Crippen LogP contribution in [0.1, 0.15) is 71.3 Å². The molecule has 4 rings (SSSR count). The number of nitrogens with zero attached hydrogens (tertiary/aromatic N) is 1. The molecule has 0 radical (unpaired) electrons. The van der Waals surface area contributed by atoms with Crippen LogP contribution in [-0.2, 0) is 33.8 Å². The van der Waals surface area contributed by atoms with E-state index in [9.17, 15) is 9.59 Å². The number of hydrogen-bond donors (Lipinski definition) is 4. The third-order valence-electron chi connectivity index (χ3n) is 8.27. The summed E-state index contributed by atoms with van der Waals surface area (Å²) < 4.78 is 10.6. The fraction of sp³-hybridized carbons (Fsp3) is 0.412. The van der Waals surface area contributed by atoms with E-state index in [-0.39, 0.29) is 17.5 Å². The normalized spacial score (nSPS) is 13.3. The van der Waals surface area contributed by atoms with Gasteiger partial charge in [-0.25, -0.2) is 10.6 Å². The largest absolute Gasteiger partial charge is 0.478 e. The summed E-state index contributed by atoms with van der Waals surface area (Å²) in [6, 6.07) is 19.1. The van der Waals surface area contributed by atoms with Crippen molar-refractivity contribution in [2.45, 2.75) is 59.6 Å². The number of benzene rings is 3. The van der Waals surface area contributed by atoms with E-state index in [2.05, 4.69) is 29.6 Å². The van der Waals surface area contributed by atoms with Crippen LogP contribution in [0, 0.1) is 12.3 Å². The van der Waals surface area contributed by atoms with E-state index in [1.54, 1.807) is 29.3 Å². The SMILES string of the molecule is COC(=O)C(C)(C)C(C)c1ccc(N(N)CCCOCc2ccc(C(=O)O)cc2)c(N)c1C.c1ccc2c(c1)CCNC2. The van der Waals surface area contributed by atoms with E-state index in [1.807, 2.05) is 39.8 Å². The van der Waals surface area contributed by atoms with E-state index < -0.39 is 11.4 Å². The molecule has 3 aromatic rings. The lowest BCUT2D eigenvalue weighted by Crippen LogP contribution is -2.34. The summed E-state index contributed by atoms with van der Waals surface area (Å²) in [6.45, 7) is 11.3. The highest BCUT2D eigenvalue weighted by Gasteiger charge is 2.37. The zero-order valence-corrected chi connectivity index (χ0v) is 26.0. The standard InChI is InChI=1S/C25H35N3O5.C9H11N/c1-16-20(17(2)25(3,4)24(31)32-5)11-12-21(22(16)26)28(27)13-6-14-33-15-18-7-9-19(10-8-18)23(29)30;1-2-4-9-7-10-6-5-8(9)3-1/h7-12,17H,6,13-15,26-27H2,1-5H3,(H,29,30);1-4,10H,5-7H2. The first-order chi connectivity index (χ1) is 20.5. The number of esters is 1. The number of carboxylic acids is 1. The van der Waals surface area contributed by atoms with Crippen molar-refractivity contribution in [3.05, 3.63) is 94.0 Å². The molecule has 43 heavy (non-hydrogen) atoms. The Morgan fingerprint density at radius 3 is 2.37 bits per heavy atom. The molecule has 1 unspecified atom stereocenters. The van der Waals surface area contributed by atoms with Crippen LogP contribution in [0.3, 0.4) is 0 Å². The van der Waals surface area contributed by atoms with Crippen molar-refractivity contribution in [2.75, 3.05) is 37.5 Å². The molecular weight excluding hydrogens is 544 g/mol. The average molecular weight is 591 g/mol. The quantitative estimate of drug-likeness (QED) is 0.0780. The monoisotopic (exact) mass is 590 g/mol. The number of carbonyl (C=O) groups is 2. The number of carbonyl (C=O) groups excluding carboxylic acids is 1. The van der Waals surface area contributed by atoms with Crippen LogP contribution in [0.5, 0.6) is 0 Å². The second-order valence-electron chi connectivity index (χ2n) is 11.4. The maximum atomic E-state index is 12.2. The Morgan fingerprint density at radius 2 is 1.74 bits per heavy atom. The van der Waals surface area contributed by atoms with Gasteiger partial charge in [0.2, 0.25) is 0 Å². The minimum absolute atomic E-state index is 0.0921. The first-order valence-electron chi connectivity index (χ1n) is 14.6. The first-order valence-corrected chi connectivity index (χ1v) is 14.6. The predicted octanol–water partition coefficient (Wildman–Crippen LogP) is 5.20. The number of nitrogens with one attached hydrogen (secondary N) is 1. The number of carboxylic acid groups (broad SMARTS) is 1. The second kappa shape index (κ2) is 15.5. The minimum Gasteiger partial charge on any atom is -0.478 e. The molecule has 0 aliphatic carbocycles. The smallest absolute Gasteiger partial charge is 0.335 e. The zero-order valence-electron chi connectivity index (χ0n) is 26.0. The molecule has 1 heterocycles. The first kappa shape index (κ1) is 33.6. The number of nitrogen functional groups attached to an aromatic ring is 1. The van der Waals surface area contributed by atoms with Gasteiger partial charge in [0.25, 0.3) is 0 Å². The number of anilines is 2. The van der Waals surface area contributed by atoms with Gasteiger partial charge in [-0.3, -0.25) is 4.79 Å². The summed E-state index contributed by atoms with van der Waals surface area (Å²) in [5.41, 5.74) is 13.0. The van der Waals surface area contributed by atoms with E-state index in [0.717, 1.165) is 35.5 Å². The van der Waals surface area contributed by atoms with Gasteiger partial charge in [0.05, 0.1) is 36.1 Å². The maximum Gasteiger partial charge on any atom is 0.335 e. The number of nitrogens with two attached hydrogens (primary N) is 2. The Hall–Kier alpha value is -3.92. The van der Waals surface area contributed by atoms with Gasteiger partial charge in [-0.1, -0.05) is 49.4 Å². The number of rotatable bonds is 11. The van der Waals surface area contributed by atoms with Crippen LogP contribution < -0.4 is 21.9 Å². The molecular formula is C34H46N4O5. The molecule has 0 saturated carbocycles. The number of methoxy groups -OCH3 is 1. The zero-order chi connectivity index (χ0) is 31.6. The fourth-order valence-electron chi connectivity index (χ4n) is 5.09. The molecule has 0 aromatic heterocycles. The molecule has 1 atom stereocenters. The topological polar surface area (TPSA) is 140 Å². The summed E-state index contributed by atoms with van der Waals surface area (Å²) in [4.78, 5) is 23.1. The van der Waals surface area contributed by atoms with E-state index in [0.29, 0.717) is 31.9 Å². The molecule has 0 spiro atoms. The van der Waals surface area contributed by atoms with Crippen molar-refractivity contribution >= 4 is 23.3 Å². The molecule has 0 fully saturated rings. The number of aromatic carboxylic acids is 1. The van der Waals surface area contributed by atoms with Crippen molar-refractivity contribution in [3.63, 3.8) is 0 Å². The summed E-state index contributed by atoms with van der Waals surface area (Å²) in [5, 5.41) is 13.9. The van der Waals surface area contributed by atoms with Crippen molar-refractivity contribution in [3.8, 4) is 0 Å². The van der Waals surface area contributed by atoms with Crippen LogP contribution >= 0.6 is 0 Å². The minimum atomic E-state index is -0.949.